The lowest BCUT2D eigenvalue weighted by molar-refractivity contribution is -0.112. The summed E-state index contributed by atoms with van der Waals surface area (Å²) in [5.74, 6) is 1.18. The van der Waals surface area contributed by atoms with E-state index in [1.54, 1.807) is 28.1 Å². The predicted octanol–water partition coefficient (Wildman–Crippen LogP) is 21.2. The number of ether oxygens (including phenoxy) is 2. The molecule has 6 nitrogen and oxygen atoms in total. The molecule has 12 rings (SSSR count). The van der Waals surface area contributed by atoms with Gasteiger partial charge in [-0.05, 0) is 172 Å². The van der Waals surface area contributed by atoms with E-state index in [-0.39, 0.29) is 11.6 Å². The van der Waals surface area contributed by atoms with Crippen molar-refractivity contribution in [1.29, 1.82) is 0 Å². The van der Waals surface area contributed by atoms with Gasteiger partial charge in [0.15, 0.2) is 11.6 Å². The molecule has 0 N–H and O–H groups in total. The first-order valence-corrected chi connectivity index (χ1v) is 28.9. The van der Waals surface area contributed by atoms with Crippen molar-refractivity contribution in [2.45, 2.75) is 27.7 Å². The van der Waals surface area contributed by atoms with E-state index in [2.05, 4.69) is 259 Å². The van der Waals surface area contributed by atoms with Gasteiger partial charge in [0, 0.05) is 33.8 Å². The number of nitrogens with zero attached hydrogens (tertiary/aromatic N) is 2. The van der Waals surface area contributed by atoms with Gasteiger partial charge in [-0.3, -0.25) is 9.59 Å². The third kappa shape index (κ3) is 12.4. The summed E-state index contributed by atoms with van der Waals surface area (Å²) < 4.78 is 11.0. The molecule has 0 fully saturated rings. The van der Waals surface area contributed by atoms with Crippen molar-refractivity contribution in [3.63, 3.8) is 0 Å². The molecule has 0 aliphatic heterocycles. The number of fused-ring (bicyclic) bond motifs is 2. The van der Waals surface area contributed by atoms with Crippen LogP contribution >= 0.6 is 0 Å². The number of Topliss-reactive ketones (excluding diaryl/α,β-unsaturated/α-hetero) is 2. The number of anilines is 6. The first-order valence-electron chi connectivity index (χ1n) is 28.9. The summed E-state index contributed by atoms with van der Waals surface area (Å²) in [6, 6.07) is 102. The first-order chi connectivity index (χ1) is 42.1. The number of allylic oxidation sites excluding steroid dienone is 4. The predicted molar refractivity (Wildman–Crippen MR) is 360 cm³/mol. The van der Waals surface area contributed by atoms with Crippen LogP contribution in [-0.2, 0) is 19.1 Å². The Morgan fingerprint density at radius 3 is 1.03 bits per heavy atom. The van der Waals surface area contributed by atoms with E-state index in [0.29, 0.717) is 22.7 Å². The Hall–Kier alpha value is -10.8. The summed E-state index contributed by atoms with van der Waals surface area (Å²) in [7, 11) is 3.20. The van der Waals surface area contributed by atoms with Crippen LogP contribution in [0.2, 0.25) is 0 Å². The fourth-order valence-electron chi connectivity index (χ4n) is 11.3. The Morgan fingerprint density at radius 2 is 0.628 bits per heavy atom. The van der Waals surface area contributed by atoms with Crippen molar-refractivity contribution >= 4 is 78.4 Å². The molecule has 0 amide bonds. The Morgan fingerprint density at radius 1 is 0.291 bits per heavy atom. The molecule has 0 aliphatic carbocycles. The topological polar surface area (TPSA) is 59.1 Å². The smallest absolute Gasteiger partial charge is 0.163 e. The lowest BCUT2D eigenvalue weighted by Crippen LogP contribution is -2.11. The molecule has 0 saturated heterocycles. The highest BCUT2D eigenvalue weighted by Crippen LogP contribution is 2.43. The number of hydrogen-bond acceptors (Lipinski definition) is 6. The van der Waals surface area contributed by atoms with Crippen LogP contribution in [0, 0.1) is 0 Å². The summed E-state index contributed by atoms with van der Waals surface area (Å²) in [4.78, 5) is 29.8. The highest BCUT2D eigenvalue weighted by atomic mass is 16.5. The molecule has 0 heterocycles. The second-order valence-electron chi connectivity index (χ2n) is 21.1. The monoisotopic (exact) mass is 1120 g/mol. The minimum absolute atomic E-state index is 0.0144. The minimum Gasteiger partial charge on any atom is -0.501 e. The summed E-state index contributed by atoms with van der Waals surface area (Å²) in [6.07, 6.45) is 0. The largest absolute Gasteiger partial charge is 0.501 e. The van der Waals surface area contributed by atoms with Crippen molar-refractivity contribution in [3.8, 4) is 44.5 Å². The molecule has 6 heteroatoms. The standard InChI is InChI=1S/2C40H33NO2/c1-28(42)40(29(2)43-3)38-18-10-17-37-36(38)16-11-19-39(37)41(34-24-20-32(21-25-34)30-12-6-4-7-13-30)35-26-22-33(23-27-35)31-14-8-5-9-15-31;1-28(42)40(29(2)43-3)36-15-14-35-27-39(25-20-34(35)26-36)41(37-21-16-32(17-22-37)30-10-6-4-7-11-30)38-23-18-33(19-24-38)31-12-8-5-9-13-31/h2*4-27H,1-3H3/b2*40-29+. The summed E-state index contributed by atoms with van der Waals surface area (Å²) in [5.41, 5.74) is 18.6. The zero-order valence-corrected chi connectivity index (χ0v) is 49.2. The summed E-state index contributed by atoms with van der Waals surface area (Å²) >= 11 is 0. The number of carbonyl (C=O) groups excluding carboxylic acids is 2. The highest BCUT2D eigenvalue weighted by molar-refractivity contribution is 6.24. The maximum Gasteiger partial charge on any atom is 0.163 e. The van der Waals surface area contributed by atoms with Gasteiger partial charge in [0.25, 0.3) is 0 Å². The quantitative estimate of drug-likeness (QED) is 0.0710. The maximum absolute atomic E-state index is 12.8. The van der Waals surface area contributed by atoms with Gasteiger partial charge in [-0.2, -0.15) is 0 Å². The van der Waals surface area contributed by atoms with Crippen molar-refractivity contribution in [2.75, 3.05) is 24.0 Å². The Labute approximate surface area is 504 Å². The number of hydrogen-bond donors (Lipinski definition) is 0. The molecule has 0 radical (unpaired) electrons. The van der Waals surface area contributed by atoms with E-state index >= 15 is 0 Å². The van der Waals surface area contributed by atoms with E-state index in [9.17, 15) is 9.59 Å². The number of methoxy groups -OCH3 is 2. The molecule has 0 spiro atoms. The van der Waals surface area contributed by atoms with E-state index in [1.165, 1.54) is 33.4 Å². The highest BCUT2D eigenvalue weighted by Gasteiger charge is 2.21. The van der Waals surface area contributed by atoms with Gasteiger partial charge >= 0.3 is 0 Å². The van der Waals surface area contributed by atoms with Crippen LogP contribution in [0.1, 0.15) is 38.8 Å². The van der Waals surface area contributed by atoms with Crippen LogP contribution in [0.25, 0.3) is 77.2 Å². The van der Waals surface area contributed by atoms with Gasteiger partial charge in [0.05, 0.1) is 31.1 Å². The molecular formula is C80H66N2O4. The fraction of sp³-hybridized carbons (Fsp3) is 0.0750. The van der Waals surface area contributed by atoms with Crippen LogP contribution in [0.5, 0.6) is 0 Å². The van der Waals surface area contributed by atoms with Gasteiger partial charge in [0.2, 0.25) is 0 Å². The van der Waals surface area contributed by atoms with E-state index < -0.39 is 0 Å². The molecule has 12 aromatic rings. The maximum atomic E-state index is 12.8. The molecule has 0 unspecified atom stereocenters. The zero-order valence-electron chi connectivity index (χ0n) is 49.2. The van der Waals surface area contributed by atoms with Gasteiger partial charge < -0.3 is 19.3 Å². The molecule has 0 aromatic heterocycles. The molecule has 0 saturated carbocycles. The number of ketones is 2. The van der Waals surface area contributed by atoms with Crippen LogP contribution in [0.4, 0.5) is 34.1 Å². The number of carbonyl (C=O) groups is 2. The fourth-order valence-corrected chi connectivity index (χ4v) is 11.3. The van der Waals surface area contributed by atoms with Gasteiger partial charge in [0.1, 0.15) is 11.5 Å². The first kappa shape index (κ1) is 57.0. The molecule has 86 heavy (non-hydrogen) atoms. The van der Waals surface area contributed by atoms with Crippen molar-refractivity contribution in [3.05, 3.63) is 314 Å². The van der Waals surface area contributed by atoms with Crippen LogP contribution in [0.15, 0.2) is 303 Å². The van der Waals surface area contributed by atoms with Gasteiger partial charge in [-0.25, -0.2) is 0 Å². The molecular weight excluding hydrogens is 1050 g/mol. The van der Waals surface area contributed by atoms with Crippen LogP contribution in [0.3, 0.4) is 0 Å². The molecule has 0 aliphatic rings. The average molecular weight is 1120 g/mol. The van der Waals surface area contributed by atoms with Crippen LogP contribution < -0.4 is 9.80 Å². The molecule has 12 aromatic carbocycles. The molecule has 420 valence electrons. The molecule has 0 atom stereocenters. The normalized spacial score (nSPS) is 11.6. The Balaban J connectivity index is 0.000000179. The minimum atomic E-state index is -0.0258. The summed E-state index contributed by atoms with van der Waals surface area (Å²) in [6.45, 7) is 6.84. The zero-order chi connectivity index (χ0) is 59.5. The third-order valence-electron chi connectivity index (χ3n) is 15.7. The lowest BCUT2D eigenvalue weighted by atomic mass is 9.94. The van der Waals surface area contributed by atoms with E-state index in [4.69, 9.17) is 9.47 Å². The lowest BCUT2D eigenvalue weighted by Gasteiger charge is -2.28. The Bertz CT molecular complexity index is 4220. The van der Waals surface area contributed by atoms with Crippen molar-refractivity contribution in [1.82, 2.24) is 0 Å². The second kappa shape index (κ2) is 26.2. The van der Waals surface area contributed by atoms with Gasteiger partial charge in [-0.1, -0.05) is 218 Å². The van der Waals surface area contributed by atoms with Gasteiger partial charge in [-0.15, -0.1) is 0 Å². The van der Waals surface area contributed by atoms with E-state index in [0.717, 1.165) is 77.9 Å². The van der Waals surface area contributed by atoms with Crippen LogP contribution in [-0.4, -0.2) is 25.8 Å². The number of rotatable bonds is 16. The van der Waals surface area contributed by atoms with Crippen molar-refractivity contribution in [2.24, 2.45) is 0 Å². The SMILES string of the molecule is CO/C(C)=C(\C(C)=O)c1ccc2cc(N(c3ccc(-c4ccccc4)cc3)c3ccc(-c4ccccc4)cc3)ccc2c1.CO/C(C)=C(\C(C)=O)c1cccc2c(N(c3ccc(-c4ccccc4)cc3)c3ccc(-c4ccccc4)cc3)cccc12. The Kier molecular flexibility index (Phi) is 17.4. The van der Waals surface area contributed by atoms with Crippen molar-refractivity contribution < 1.29 is 19.1 Å². The third-order valence-corrected chi connectivity index (χ3v) is 15.7. The number of benzene rings is 12. The summed E-state index contributed by atoms with van der Waals surface area (Å²) in [5, 5.41) is 4.18. The van der Waals surface area contributed by atoms with E-state index in [1.807, 2.05) is 56.3 Å². The molecule has 0 bridgehead atoms. The second-order valence-corrected chi connectivity index (χ2v) is 21.1. The average Bonchev–Trinajstić information content (AvgIpc) is 3.69.